The van der Waals surface area contributed by atoms with Crippen molar-refractivity contribution in [1.29, 1.82) is 10.5 Å². The van der Waals surface area contributed by atoms with E-state index in [0.29, 0.717) is 0 Å². The van der Waals surface area contributed by atoms with Gasteiger partial charge in [0.05, 0.1) is 6.34 Å². The Morgan fingerprint density at radius 3 is 2.90 bits per heavy atom. The van der Waals surface area contributed by atoms with E-state index < -0.39 is 0 Å². The van der Waals surface area contributed by atoms with Crippen LogP contribution >= 0.6 is 0 Å². The van der Waals surface area contributed by atoms with Crippen LogP contribution in [0.2, 0.25) is 0 Å². The molecule has 1 N–H and O–H groups in total. The van der Waals surface area contributed by atoms with Gasteiger partial charge in [0.2, 0.25) is 0 Å². The first-order valence-electron chi connectivity index (χ1n) is 2.47. The summed E-state index contributed by atoms with van der Waals surface area (Å²) in [6, 6.07) is 3.56. The van der Waals surface area contributed by atoms with Gasteiger partial charge < -0.3 is 5.32 Å². The summed E-state index contributed by atoms with van der Waals surface area (Å²) < 4.78 is 0. The number of hydrogen-bond donors (Lipinski definition) is 1. The molecule has 0 aromatic heterocycles. The first-order valence-corrected chi connectivity index (χ1v) is 2.47. The number of nitrogens with zero attached hydrogens (tertiary/aromatic N) is 3. The smallest absolute Gasteiger partial charge is 0.187 e. The fourth-order valence-electron chi connectivity index (χ4n) is 0.465. The summed E-state index contributed by atoms with van der Waals surface area (Å²) >= 11 is 0. The van der Waals surface area contributed by atoms with Gasteiger partial charge in [0, 0.05) is 0 Å². The SMILES string of the molecule is N#CC1=C=C(C#N)NC=N1. The normalized spacial score (nSPS) is 13.8. The van der Waals surface area contributed by atoms with Gasteiger partial charge >= 0.3 is 0 Å². The molecule has 0 fully saturated rings. The van der Waals surface area contributed by atoms with Crippen molar-refractivity contribution in [3.8, 4) is 12.1 Å². The molecule has 1 heterocycles. The summed E-state index contributed by atoms with van der Waals surface area (Å²) in [6.45, 7) is 0. The van der Waals surface area contributed by atoms with Gasteiger partial charge in [-0.3, -0.25) is 0 Å². The van der Waals surface area contributed by atoms with E-state index in [0.717, 1.165) is 0 Å². The Morgan fingerprint density at radius 2 is 2.30 bits per heavy atom. The van der Waals surface area contributed by atoms with E-state index in [1.165, 1.54) is 6.34 Å². The van der Waals surface area contributed by atoms with E-state index in [1.54, 1.807) is 12.1 Å². The molecule has 0 amide bonds. The number of nitrogens with one attached hydrogen (secondary N) is 1. The van der Waals surface area contributed by atoms with Crippen molar-refractivity contribution in [3.05, 3.63) is 17.1 Å². The quantitative estimate of drug-likeness (QED) is 0.470. The molecular weight excluding hydrogens is 128 g/mol. The summed E-state index contributed by atoms with van der Waals surface area (Å²) in [4.78, 5) is 3.58. The molecule has 0 aromatic rings. The predicted molar refractivity (Wildman–Crippen MR) is 33.4 cm³/mol. The van der Waals surface area contributed by atoms with Crippen LogP contribution in [0.15, 0.2) is 22.1 Å². The minimum Gasteiger partial charge on any atom is -0.331 e. The lowest BCUT2D eigenvalue weighted by Gasteiger charge is -1.95. The first-order chi connectivity index (χ1) is 4.86. The number of hydrogen-bond acceptors (Lipinski definition) is 4. The van der Waals surface area contributed by atoms with Crippen molar-refractivity contribution in [3.63, 3.8) is 0 Å². The van der Waals surface area contributed by atoms with E-state index in [4.69, 9.17) is 10.5 Å². The lowest BCUT2D eigenvalue weighted by atomic mass is 10.4. The Balaban J connectivity index is 3.14. The highest BCUT2D eigenvalue weighted by Gasteiger charge is 1.97. The zero-order valence-corrected chi connectivity index (χ0v) is 4.92. The van der Waals surface area contributed by atoms with Crippen molar-refractivity contribution in [2.75, 3.05) is 0 Å². The number of allylic oxidation sites excluding steroid dienone is 1. The highest BCUT2D eigenvalue weighted by molar-refractivity contribution is 5.63. The van der Waals surface area contributed by atoms with Crippen LogP contribution in [-0.2, 0) is 0 Å². The molecule has 1 aliphatic heterocycles. The Hall–Kier alpha value is -2.03. The van der Waals surface area contributed by atoms with Gasteiger partial charge in [-0.05, 0) is 5.73 Å². The van der Waals surface area contributed by atoms with Crippen LogP contribution in [0.5, 0.6) is 0 Å². The molecule has 0 saturated heterocycles. The van der Waals surface area contributed by atoms with Crippen LogP contribution in [0.3, 0.4) is 0 Å². The molecule has 4 heteroatoms. The number of aliphatic imine (C=N–C) groups is 1. The van der Waals surface area contributed by atoms with Crippen molar-refractivity contribution >= 4 is 6.34 Å². The second-order valence-electron chi connectivity index (χ2n) is 1.47. The molecule has 1 aliphatic rings. The third-order valence-corrected chi connectivity index (χ3v) is 0.864. The summed E-state index contributed by atoms with van der Waals surface area (Å²) in [5.41, 5.74) is 2.79. The molecule has 10 heavy (non-hydrogen) atoms. The Kier molecular flexibility index (Phi) is 1.52. The average molecular weight is 130 g/mol. The van der Waals surface area contributed by atoms with E-state index in [2.05, 4.69) is 16.0 Å². The van der Waals surface area contributed by atoms with Crippen molar-refractivity contribution in [1.82, 2.24) is 5.32 Å². The fraction of sp³-hybridized carbons (Fsp3) is 0. The topological polar surface area (TPSA) is 72.0 Å². The second-order valence-corrected chi connectivity index (χ2v) is 1.47. The van der Waals surface area contributed by atoms with Gasteiger partial charge in [0.25, 0.3) is 0 Å². The van der Waals surface area contributed by atoms with Crippen molar-refractivity contribution in [2.24, 2.45) is 4.99 Å². The standard InChI is InChI=1S/C6H2N4/c7-2-5-1-6(3-8)10-4-9-5/h4H,(H,9,10). The minimum atomic E-state index is 0.121. The van der Waals surface area contributed by atoms with E-state index in [9.17, 15) is 0 Å². The predicted octanol–water partition coefficient (Wildman–Crippen LogP) is 0.0318. The maximum Gasteiger partial charge on any atom is 0.187 e. The van der Waals surface area contributed by atoms with Gasteiger partial charge in [-0.25, -0.2) is 4.99 Å². The molecule has 0 aliphatic carbocycles. The summed E-state index contributed by atoms with van der Waals surface area (Å²) in [6.07, 6.45) is 1.29. The van der Waals surface area contributed by atoms with Crippen LogP contribution in [0.4, 0.5) is 0 Å². The maximum atomic E-state index is 8.31. The monoisotopic (exact) mass is 130 g/mol. The molecule has 1 rings (SSSR count). The largest absolute Gasteiger partial charge is 0.331 e. The second kappa shape index (κ2) is 2.50. The molecule has 0 bridgehead atoms. The van der Waals surface area contributed by atoms with Crippen molar-refractivity contribution in [2.45, 2.75) is 0 Å². The van der Waals surface area contributed by atoms with Crippen LogP contribution in [0, 0.1) is 22.7 Å². The molecule has 4 nitrogen and oxygen atoms in total. The van der Waals surface area contributed by atoms with Gasteiger partial charge in [-0.2, -0.15) is 10.5 Å². The zero-order valence-electron chi connectivity index (χ0n) is 4.92. The molecule has 0 atom stereocenters. The highest BCUT2D eigenvalue weighted by atomic mass is 15.0. The molecule has 0 radical (unpaired) electrons. The van der Waals surface area contributed by atoms with Crippen LogP contribution in [0.1, 0.15) is 0 Å². The highest BCUT2D eigenvalue weighted by Crippen LogP contribution is 1.96. The van der Waals surface area contributed by atoms with Gasteiger partial charge in [0.1, 0.15) is 12.1 Å². The number of nitriles is 2. The Labute approximate surface area is 57.4 Å². The van der Waals surface area contributed by atoms with E-state index in [-0.39, 0.29) is 11.4 Å². The molecule has 0 aromatic carbocycles. The summed E-state index contributed by atoms with van der Waals surface area (Å²) in [7, 11) is 0. The van der Waals surface area contributed by atoms with Crippen LogP contribution in [0.25, 0.3) is 0 Å². The van der Waals surface area contributed by atoms with Gasteiger partial charge in [-0.15, -0.1) is 0 Å². The lowest BCUT2D eigenvalue weighted by molar-refractivity contribution is 1.17. The molecule has 0 saturated carbocycles. The Bertz CT molecular complexity index is 317. The molecule has 0 spiro atoms. The average Bonchev–Trinajstić information content (AvgIpc) is 2.05. The lowest BCUT2D eigenvalue weighted by Crippen LogP contribution is -2.10. The van der Waals surface area contributed by atoms with Gasteiger partial charge in [-0.1, -0.05) is 0 Å². The van der Waals surface area contributed by atoms with Gasteiger partial charge in [0.15, 0.2) is 11.4 Å². The van der Waals surface area contributed by atoms with E-state index in [1.807, 2.05) is 0 Å². The van der Waals surface area contributed by atoms with E-state index >= 15 is 0 Å². The molecule has 46 valence electrons. The third-order valence-electron chi connectivity index (χ3n) is 0.864. The number of rotatable bonds is 0. The molecule has 0 unspecified atom stereocenters. The summed E-state index contributed by atoms with van der Waals surface area (Å²) in [5.74, 6) is 0. The minimum absolute atomic E-state index is 0.121. The van der Waals surface area contributed by atoms with Crippen LogP contribution < -0.4 is 5.32 Å². The third kappa shape index (κ3) is 1.03. The van der Waals surface area contributed by atoms with Crippen LogP contribution in [-0.4, -0.2) is 6.34 Å². The first kappa shape index (κ1) is 6.10. The molecular formula is C6H2N4. The maximum absolute atomic E-state index is 8.31. The summed E-state index contributed by atoms with van der Waals surface area (Å²) in [5, 5.41) is 19.1. The van der Waals surface area contributed by atoms with Crippen molar-refractivity contribution < 1.29 is 0 Å². The zero-order chi connectivity index (χ0) is 7.40. The fourth-order valence-corrected chi connectivity index (χ4v) is 0.465. The Morgan fingerprint density at radius 1 is 1.50 bits per heavy atom.